The van der Waals surface area contributed by atoms with Crippen LogP contribution in [0.2, 0.25) is 0 Å². The number of benzene rings is 1. The van der Waals surface area contributed by atoms with Crippen LogP contribution in [-0.2, 0) is 25.9 Å². The van der Waals surface area contributed by atoms with Crippen molar-refractivity contribution in [1.82, 2.24) is 20.8 Å². The molecule has 8 nitrogen and oxygen atoms in total. The predicted octanol–water partition coefficient (Wildman–Crippen LogP) is 1.59. The average molecular weight is 358 g/mol. The fourth-order valence-electron chi connectivity index (χ4n) is 2.64. The quantitative estimate of drug-likeness (QED) is 0.598. The number of carbonyl (C=O) groups is 2. The number of hydrogen-bond acceptors (Lipinski definition) is 4. The fraction of sp³-hybridized carbons (Fsp3) is 0.333. The number of aromatic carboxylic acids is 1. The summed E-state index contributed by atoms with van der Waals surface area (Å²) in [4.78, 5) is 34.8. The van der Waals surface area contributed by atoms with Crippen LogP contribution < -0.4 is 16.2 Å². The van der Waals surface area contributed by atoms with E-state index in [0.717, 1.165) is 16.8 Å². The smallest absolute Gasteiger partial charge is 0.335 e. The van der Waals surface area contributed by atoms with E-state index in [1.807, 2.05) is 13.8 Å². The van der Waals surface area contributed by atoms with Crippen LogP contribution >= 0.6 is 0 Å². The van der Waals surface area contributed by atoms with Crippen LogP contribution in [-0.4, -0.2) is 27.3 Å². The van der Waals surface area contributed by atoms with Crippen molar-refractivity contribution in [3.8, 4) is 0 Å². The van der Waals surface area contributed by atoms with Crippen molar-refractivity contribution in [3.63, 3.8) is 0 Å². The van der Waals surface area contributed by atoms with E-state index < -0.39 is 12.0 Å². The van der Waals surface area contributed by atoms with Gasteiger partial charge in [0.15, 0.2) is 0 Å². The Bertz CT molecular complexity index is 843. The first-order chi connectivity index (χ1) is 12.5. The van der Waals surface area contributed by atoms with Gasteiger partial charge in [0, 0.05) is 12.1 Å². The summed E-state index contributed by atoms with van der Waals surface area (Å²) in [5, 5.41) is 20.7. The van der Waals surface area contributed by atoms with Gasteiger partial charge in [-0.25, -0.2) is 14.7 Å². The second kappa shape index (κ2) is 8.80. The molecule has 0 spiro atoms. The van der Waals surface area contributed by atoms with Gasteiger partial charge < -0.3 is 15.7 Å². The summed E-state index contributed by atoms with van der Waals surface area (Å²) in [7, 11) is 0. The van der Waals surface area contributed by atoms with Crippen LogP contribution in [0.15, 0.2) is 29.1 Å². The molecular formula is C18H22N4O4. The third-order valence-electron chi connectivity index (χ3n) is 4.05. The van der Waals surface area contributed by atoms with E-state index in [0.29, 0.717) is 18.4 Å². The zero-order valence-electron chi connectivity index (χ0n) is 14.8. The molecule has 0 saturated heterocycles. The number of nitrogens with one attached hydrogen (secondary N) is 3. The number of amides is 2. The van der Waals surface area contributed by atoms with Gasteiger partial charge in [0.1, 0.15) is 0 Å². The van der Waals surface area contributed by atoms with E-state index in [9.17, 15) is 14.4 Å². The summed E-state index contributed by atoms with van der Waals surface area (Å²) in [6.45, 7) is 4.26. The lowest BCUT2D eigenvalue weighted by atomic mass is 10.0. The molecule has 26 heavy (non-hydrogen) atoms. The number of aromatic amines is 1. The molecule has 0 bridgehead atoms. The van der Waals surface area contributed by atoms with Crippen LogP contribution in [0.5, 0.6) is 0 Å². The zero-order valence-corrected chi connectivity index (χ0v) is 14.8. The highest BCUT2D eigenvalue weighted by Gasteiger charge is 2.12. The lowest BCUT2D eigenvalue weighted by molar-refractivity contribution is 0.0697. The third kappa shape index (κ3) is 4.69. The molecule has 8 heteroatoms. The SMILES string of the molecule is CCc1n[nH]c(=O)c(CNC(=O)NCc2ccc(C(=O)O)cc2)c1CC. The molecule has 0 unspecified atom stereocenters. The molecule has 2 rings (SSSR count). The van der Waals surface area contributed by atoms with Crippen molar-refractivity contribution in [2.45, 2.75) is 39.8 Å². The zero-order chi connectivity index (χ0) is 19.1. The first-order valence-electron chi connectivity index (χ1n) is 8.39. The first kappa shape index (κ1) is 19.2. The standard InChI is InChI=1S/C18H22N4O4/c1-3-13-14(16(23)22-21-15(13)4-2)10-20-18(26)19-9-11-5-7-12(8-6-11)17(24)25/h5-8H,3-4,9-10H2,1-2H3,(H,22,23)(H,24,25)(H2,19,20,26). The Morgan fingerprint density at radius 2 is 1.69 bits per heavy atom. The van der Waals surface area contributed by atoms with E-state index in [2.05, 4.69) is 20.8 Å². The monoisotopic (exact) mass is 358 g/mol. The second-order valence-electron chi connectivity index (χ2n) is 5.70. The van der Waals surface area contributed by atoms with Crippen molar-refractivity contribution in [2.24, 2.45) is 0 Å². The molecule has 0 radical (unpaired) electrons. The fourth-order valence-corrected chi connectivity index (χ4v) is 2.64. The molecule has 0 aliphatic rings. The Morgan fingerprint density at radius 3 is 2.27 bits per heavy atom. The minimum absolute atomic E-state index is 0.109. The average Bonchev–Trinajstić information content (AvgIpc) is 2.65. The van der Waals surface area contributed by atoms with Crippen molar-refractivity contribution in [1.29, 1.82) is 0 Å². The molecule has 0 aliphatic heterocycles. The molecule has 138 valence electrons. The lowest BCUT2D eigenvalue weighted by Gasteiger charge is -2.12. The Hall–Kier alpha value is -3.16. The largest absolute Gasteiger partial charge is 0.478 e. The van der Waals surface area contributed by atoms with E-state index in [-0.39, 0.29) is 24.2 Å². The summed E-state index contributed by atoms with van der Waals surface area (Å²) in [5.74, 6) is -0.997. The van der Waals surface area contributed by atoms with Gasteiger partial charge in [0.05, 0.1) is 17.8 Å². The number of aryl methyl sites for hydroxylation is 1. The number of carbonyl (C=O) groups excluding carboxylic acids is 1. The highest BCUT2D eigenvalue weighted by Crippen LogP contribution is 2.10. The van der Waals surface area contributed by atoms with Gasteiger partial charge in [-0.2, -0.15) is 5.10 Å². The van der Waals surface area contributed by atoms with Crippen LogP contribution in [0.3, 0.4) is 0 Å². The maximum atomic E-state index is 12.0. The highest BCUT2D eigenvalue weighted by atomic mass is 16.4. The van der Waals surface area contributed by atoms with Crippen molar-refractivity contribution in [3.05, 3.63) is 62.6 Å². The van der Waals surface area contributed by atoms with E-state index in [4.69, 9.17) is 5.11 Å². The van der Waals surface area contributed by atoms with Gasteiger partial charge in [0.25, 0.3) is 5.56 Å². The third-order valence-corrected chi connectivity index (χ3v) is 4.05. The summed E-state index contributed by atoms with van der Waals surface area (Å²) in [5.41, 5.74) is 2.86. The molecule has 2 aromatic rings. The summed E-state index contributed by atoms with van der Waals surface area (Å²) < 4.78 is 0. The number of nitrogens with zero attached hydrogens (tertiary/aromatic N) is 1. The van der Waals surface area contributed by atoms with E-state index in [1.54, 1.807) is 12.1 Å². The predicted molar refractivity (Wildman–Crippen MR) is 96.1 cm³/mol. The van der Waals surface area contributed by atoms with Crippen LogP contribution in [0.1, 0.15) is 46.6 Å². The minimum atomic E-state index is -0.997. The Labute approximate surface area is 150 Å². The number of aromatic nitrogens is 2. The molecule has 0 saturated carbocycles. The second-order valence-corrected chi connectivity index (χ2v) is 5.70. The minimum Gasteiger partial charge on any atom is -0.478 e. The Morgan fingerprint density at radius 1 is 1.04 bits per heavy atom. The number of carboxylic acids is 1. The number of rotatable bonds is 7. The Kier molecular flexibility index (Phi) is 6.48. The van der Waals surface area contributed by atoms with Gasteiger partial charge in [-0.05, 0) is 36.1 Å². The van der Waals surface area contributed by atoms with Crippen LogP contribution in [0.4, 0.5) is 4.79 Å². The van der Waals surface area contributed by atoms with Gasteiger partial charge in [0.2, 0.25) is 0 Å². The van der Waals surface area contributed by atoms with Gasteiger partial charge in [-0.15, -0.1) is 0 Å². The molecule has 2 amide bonds. The molecule has 0 atom stereocenters. The van der Waals surface area contributed by atoms with Gasteiger partial charge >= 0.3 is 12.0 Å². The number of carboxylic acid groups (broad SMARTS) is 1. The molecule has 1 aromatic heterocycles. The highest BCUT2D eigenvalue weighted by molar-refractivity contribution is 5.87. The summed E-state index contributed by atoms with van der Waals surface area (Å²) in [6.07, 6.45) is 1.36. The number of urea groups is 1. The number of H-pyrrole nitrogens is 1. The first-order valence-corrected chi connectivity index (χ1v) is 8.39. The van der Waals surface area contributed by atoms with Crippen molar-refractivity contribution >= 4 is 12.0 Å². The maximum Gasteiger partial charge on any atom is 0.335 e. The topological polar surface area (TPSA) is 124 Å². The Balaban J connectivity index is 1.95. The van der Waals surface area contributed by atoms with Gasteiger partial charge in [-0.1, -0.05) is 26.0 Å². The molecule has 0 fully saturated rings. The lowest BCUT2D eigenvalue weighted by Crippen LogP contribution is -2.36. The van der Waals surface area contributed by atoms with E-state index >= 15 is 0 Å². The maximum absolute atomic E-state index is 12.0. The summed E-state index contributed by atoms with van der Waals surface area (Å²) in [6, 6.07) is 5.82. The molecule has 4 N–H and O–H groups in total. The summed E-state index contributed by atoms with van der Waals surface area (Å²) >= 11 is 0. The van der Waals surface area contributed by atoms with E-state index in [1.165, 1.54) is 12.1 Å². The molecule has 1 heterocycles. The van der Waals surface area contributed by atoms with Crippen LogP contribution in [0, 0.1) is 0 Å². The molecule has 0 aliphatic carbocycles. The normalized spacial score (nSPS) is 10.4. The van der Waals surface area contributed by atoms with Crippen LogP contribution in [0.25, 0.3) is 0 Å². The molecule has 1 aromatic carbocycles. The van der Waals surface area contributed by atoms with Crippen molar-refractivity contribution < 1.29 is 14.7 Å². The van der Waals surface area contributed by atoms with Gasteiger partial charge in [-0.3, -0.25) is 4.79 Å². The molecular weight excluding hydrogens is 336 g/mol. The van der Waals surface area contributed by atoms with Crippen molar-refractivity contribution in [2.75, 3.05) is 0 Å². The number of hydrogen-bond donors (Lipinski definition) is 4.